The molecule has 2 saturated heterocycles. The third kappa shape index (κ3) is 6.79. The van der Waals surface area contributed by atoms with E-state index in [-0.39, 0.29) is 36.5 Å². The van der Waals surface area contributed by atoms with E-state index in [2.05, 4.69) is 34.4 Å². The van der Waals surface area contributed by atoms with Crippen molar-refractivity contribution in [3.05, 3.63) is 47.7 Å². The summed E-state index contributed by atoms with van der Waals surface area (Å²) < 4.78 is 46.3. The molecule has 3 atom stereocenters. The standard InChI is InChI=1S/C30H38F3N7O2/c1-3-27(41)40-16-15-39(18-22(40)10-12-34)28-24-11-14-38(26-9-5-4-7-21(26)17-30(31,32)33)19-25(24)35-29(36-28)42-20-23-8-6-13-37(23)2/h3-5,7,22-23,26H,1,6,8-11,13-20H2,2H3/t22?,23-,26?/m0/s1. The van der Waals surface area contributed by atoms with Crippen LogP contribution in [0.4, 0.5) is 19.0 Å². The number of likely N-dealkylation sites (tertiary alicyclic amines) is 1. The quantitative estimate of drug-likeness (QED) is 0.428. The summed E-state index contributed by atoms with van der Waals surface area (Å²) in [6.07, 6.45) is 4.68. The number of aromatic nitrogens is 2. The van der Waals surface area contributed by atoms with Crippen LogP contribution in [-0.2, 0) is 17.8 Å². The molecule has 0 radical (unpaired) electrons. The van der Waals surface area contributed by atoms with Gasteiger partial charge in [-0.15, -0.1) is 0 Å². The first-order valence-corrected chi connectivity index (χ1v) is 14.6. The van der Waals surface area contributed by atoms with Crippen molar-refractivity contribution in [2.24, 2.45) is 0 Å². The van der Waals surface area contributed by atoms with Crippen molar-refractivity contribution in [1.29, 1.82) is 5.26 Å². The van der Waals surface area contributed by atoms with E-state index in [1.165, 1.54) is 6.08 Å². The lowest BCUT2D eigenvalue weighted by atomic mass is 9.92. The molecule has 1 aromatic heterocycles. The van der Waals surface area contributed by atoms with E-state index in [4.69, 9.17) is 14.7 Å². The van der Waals surface area contributed by atoms with Crippen molar-refractivity contribution in [2.75, 3.05) is 51.3 Å². The molecule has 2 fully saturated rings. The number of nitriles is 1. The lowest BCUT2D eigenvalue weighted by Crippen LogP contribution is -2.55. The van der Waals surface area contributed by atoms with Gasteiger partial charge in [0.2, 0.25) is 5.91 Å². The second-order valence-electron chi connectivity index (χ2n) is 11.5. The largest absolute Gasteiger partial charge is 0.462 e. The number of carbonyl (C=O) groups is 1. The van der Waals surface area contributed by atoms with E-state index in [1.54, 1.807) is 17.1 Å². The van der Waals surface area contributed by atoms with Crippen LogP contribution in [-0.4, -0.2) is 101 Å². The van der Waals surface area contributed by atoms with Gasteiger partial charge in [0.15, 0.2) is 0 Å². The van der Waals surface area contributed by atoms with Crippen LogP contribution in [0.3, 0.4) is 0 Å². The molecule has 1 amide bonds. The van der Waals surface area contributed by atoms with Gasteiger partial charge in [0.1, 0.15) is 12.4 Å². The third-order valence-electron chi connectivity index (χ3n) is 8.77. The van der Waals surface area contributed by atoms with Gasteiger partial charge in [0.05, 0.1) is 30.6 Å². The van der Waals surface area contributed by atoms with Crippen molar-refractivity contribution in [3.8, 4) is 12.1 Å². The number of amides is 1. The van der Waals surface area contributed by atoms with Crippen LogP contribution >= 0.6 is 0 Å². The molecule has 12 heteroatoms. The van der Waals surface area contributed by atoms with Gasteiger partial charge in [-0.05, 0) is 50.9 Å². The van der Waals surface area contributed by atoms with E-state index in [1.807, 2.05) is 6.08 Å². The van der Waals surface area contributed by atoms with Crippen molar-refractivity contribution in [2.45, 2.75) is 69.4 Å². The summed E-state index contributed by atoms with van der Waals surface area (Å²) in [6.45, 7) is 7.38. The third-order valence-corrected chi connectivity index (χ3v) is 8.77. The highest BCUT2D eigenvalue weighted by Gasteiger charge is 2.37. The average molecular weight is 586 g/mol. The maximum atomic E-state index is 13.4. The topological polar surface area (TPSA) is 88.8 Å². The number of halogens is 3. The van der Waals surface area contributed by atoms with Crippen LogP contribution in [0.5, 0.6) is 6.01 Å². The number of ether oxygens (including phenoxy) is 1. The van der Waals surface area contributed by atoms with Gasteiger partial charge < -0.3 is 19.4 Å². The van der Waals surface area contributed by atoms with Gasteiger partial charge in [-0.3, -0.25) is 9.69 Å². The van der Waals surface area contributed by atoms with Crippen LogP contribution in [0, 0.1) is 11.3 Å². The number of piperazine rings is 1. The summed E-state index contributed by atoms with van der Waals surface area (Å²) in [5.74, 6) is 0.516. The summed E-state index contributed by atoms with van der Waals surface area (Å²) in [5, 5.41) is 9.46. The van der Waals surface area contributed by atoms with E-state index in [9.17, 15) is 23.2 Å². The summed E-state index contributed by atoms with van der Waals surface area (Å²) >= 11 is 0. The van der Waals surface area contributed by atoms with Crippen LogP contribution in [0.1, 0.15) is 43.4 Å². The highest BCUT2D eigenvalue weighted by atomic mass is 19.4. The minimum atomic E-state index is -4.28. The molecule has 226 valence electrons. The minimum absolute atomic E-state index is 0.179. The zero-order valence-corrected chi connectivity index (χ0v) is 24.0. The summed E-state index contributed by atoms with van der Waals surface area (Å²) in [4.78, 5) is 30.2. The predicted molar refractivity (Wildman–Crippen MR) is 152 cm³/mol. The Labute approximate surface area is 244 Å². The molecule has 0 aromatic carbocycles. The number of rotatable bonds is 8. The maximum absolute atomic E-state index is 13.4. The zero-order chi connectivity index (χ0) is 29.9. The molecule has 1 aromatic rings. The molecule has 42 heavy (non-hydrogen) atoms. The number of nitrogens with zero attached hydrogens (tertiary/aromatic N) is 7. The van der Waals surface area contributed by atoms with E-state index in [0.29, 0.717) is 57.7 Å². The predicted octanol–water partition coefficient (Wildman–Crippen LogP) is 3.63. The fraction of sp³-hybridized carbons (Fsp3) is 0.600. The zero-order valence-electron chi connectivity index (χ0n) is 24.0. The van der Waals surface area contributed by atoms with Crippen LogP contribution < -0.4 is 9.64 Å². The first kappa shape index (κ1) is 30.0. The SMILES string of the molecule is C=CC(=O)N1CCN(c2nc(OC[C@@H]3CCCN3C)nc3c2CCN(C2CC=CC=C2CC(F)(F)F)C3)CC1CC#N. The number of hydrogen-bond acceptors (Lipinski definition) is 8. The Hall–Kier alpha value is -3.43. The molecule has 0 spiro atoms. The fourth-order valence-electron chi connectivity index (χ4n) is 6.55. The number of fused-ring (bicyclic) bond motifs is 1. The van der Waals surface area contributed by atoms with Gasteiger partial charge in [-0.1, -0.05) is 24.8 Å². The average Bonchev–Trinajstić information content (AvgIpc) is 3.39. The fourth-order valence-corrected chi connectivity index (χ4v) is 6.55. The van der Waals surface area contributed by atoms with E-state index in [0.717, 1.165) is 36.5 Å². The Morgan fingerprint density at radius 1 is 1.24 bits per heavy atom. The first-order chi connectivity index (χ1) is 20.2. The molecule has 0 bridgehead atoms. The molecular formula is C30H38F3N7O2. The lowest BCUT2D eigenvalue weighted by molar-refractivity contribution is -0.129. The van der Waals surface area contributed by atoms with Crippen LogP contribution in [0.2, 0.25) is 0 Å². The summed E-state index contributed by atoms with van der Waals surface area (Å²) in [6, 6.07) is 2.04. The summed E-state index contributed by atoms with van der Waals surface area (Å²) in [7, 11) is 2.07. The first-order valence-electron chi connectivity index (χ1n) is 14.6. The van der Waals surface area contributed by atoms with Crippen molar-refractivity contribution in [1.82, 2.24) is 24.7 Å². The molecular weight excluding hydrogens is 547 g/mol. The number of alkyl halides is 3. The Balaban J connectivity index is 1.43. The highest BCUT2D eigenvalue weighted by molar-refractivity contribution is 5.87. The van der Waals surface area contributed by atoms with Gasteiger partial charge in [-0.2, -0.15) is 28.4 Å². The monoisotopic (exact) mass is 585 g/mol. The van der Waals surface area contributed by atoms with E-state index >= 15 is 0 Å². The van der Waals surface area contributed by atoms with Crippen LogP contribution in [0.25, 0.3) is 0 Å². The molecule has 0 saturated carbocycles. The molecule has 9 nitrogen and oxygen atoms in total. The number of anilines is 1. The highest BCUT2D eigenvalue weighted by Crippen LogP contribution is 2.36. The Morgan fingerprint density at radius 2 is 2.07 bits per heavy atom. The minimum Gasteiger partial charge on any atom is -0.462 e. The maximum Gasteiger partial charge on any atom is 0.392 e. The molecule has 3 aliphatic heterocycles. The van der Waals surface area contributed by atoms with E-state index < -0.39 is 12.6 Å². The van der Waals surface area contributed by atoms with Crippen molar-refractivity contribution in [3.63, 3.8) is 0 Å². The second-order valence-corrected chi connectivity index (χ2v) is 11.5. The lowest BCUT2D eigenvalue weighted by Gasteiger charge is -2.42. The molecule has 5 rings (SSSR count). The molecule has 1 aliphatic carbocycles. The second kappa shape index (κ2) is 12.8. The van der Waals surface area contributed by atoms with Gasteiger partial charge in [0.25, 0.3) is 0 Å². The Kier molecular flexibility index (Phi) is 9.18. The van der Waals surface area contributed by atoms with Crippen LogP contribution in [0.15, 0.2) is 36.5 Å². The van der Waals surface area contributed by atoms with Crippen molar-refractivity contribution >= 4 is 11.7 Å². The molecule has 0 N–H and O–H groups in total. The summed E-state index contributed by atoms with van der Waals surface area (Å²) in [5.41, 5.74) is 2.07. The van der Waals surface area contributed by atoms with Gasteiger partial charge in [-0.25, -0.2) is 0 Å². The normalized spacial score (nSPS) is 25.1. The van der Waals surface area contributed by atoms with Gasteiger partial charge in [0, 0.05) is 50.4 Å². The Bertz CT molecular complexity index is 1270. The number of hydrogen-bond donors (Lipinski definition) is 0. The van der Waals surface area contributed by atoms with Gasteiger partial charge >= 0.3 is 12.2 Å². The number of carbonyl (C=O) groups excluding carboxylic acids is 1. The molecule has 4 heterocycles. The number of allylic oxidation sites excluding steroid dienone is 2. The molecule has 2 unspecified atom stereocenters. The smallest absolute Gasteiger partial charge is 0.392 e. The Morgan fingerprint density at radius 3 is 2.79 bits per heavy atom. The van der Waals surface area contributed by atoms with Crippen molar-refractivity contribution < 1.29 is 22.7 Å². The molecule has 4 aliphatic rings. The number of likely N-dealkylation sites (N-methyl/N-ethyl adjacent to an activating group) is 1.